The van der Waals surface area contributed by atoms with Crippen LogP contribution in [0, 0.1) is 0 Å². The van der Waals surface area contributed by atoms with Crippen LogP contribution in [-0.2, 0) is 6.54 Å². The summed E-state index contributed by atoms with van der Waals surface area (Å²) in [5.41, 5.74) is 3.27. The zero-order valence-electron chi connectivity index (χ0n) is 10.1. The Morgan fingerprint density at radius 2 is 2.21 bits per heavy atom. The van der Waals surface area contributed by atoms with E-state index in [9.17, 15) is 0 Å². The number of nitrogens with one attached hydrogen (secondary N) is 2. The molecule has 9 nitrogen and oxygen atoms in total. The van der Waals surface area contributed by atoms with Gasteiger partial charge in [-0.15, -0.1) is 5.10 Å². The molecule has 0 radical (unpaired) electrons. The highest BCUT2D eigenvalue weighted by Crippen LogP contribution is 2.15. The Hall–Kier alpha value is -2.68. The van der Waals surface area contributed by atoms with Crippen molar-refractivity contribution in [2.75, 3.05) is 17.3 Å². The largest absolute Gasteiger partial charge is 0.365 e. The van der Waals surface area contributed by atoms with Gasteiger partial charge < -0.3 is 15.1 Å². The lowest BCUT2D eigenvalue weighted by Gasteiger charge is -2.09. The molecule has 0 amide bonds. The molecule has 0 unspecified atom stereocenters. The summed E-state index contributed by atoms with van der Waals surface area (Å²) in [5.74, 6) is 6.62. The SMILES string of the molecule is NNc1cn2ccnc2c(NCCn2ccnn2)n1. The van der Waals surface area contributed by atoms with Gasteiger partial charge in [-0.2, -0.15) is 0 Å². The number of rotatable bonds is 5. The van der Waals surface area contributed by atoms with Gasteiger partial charge >= 0.3 is 0 Å². The fourth-order valence-electron chi connectivity index (χ4n) is 1.76. The molecule has 4 N–H and O–H groups in total. The summed E-state index contributed by atoms with van der Waals surface area (Å²) in [4.78, 5) is 8.58. The Bertz CT molecular complexity index is 657. The van der Waals surface area contributed by atoms with Gasteiger partial charge in [0.15, 0.2) is 17.3 Å². The van der Waals surface area contributed by atoms with Crippen LogP contribution in [-0.4, -0.2) is 35.9 Å². The number of anilines is 2. The molecular formula is C10H13N9. The van der Waals surface area contributed by atoms with Crippen LogP contribution in [0.4, 0.5) is 11.6 Å². The van der Waals surface area contributed by atoms with Crippen molar-refractivity contribution in [3.63, 3.8) is 0 Å². The zero-order chi connectivity index (χ0) is 13.1. The van der Waals surface area contributed by atoms with Crippen molar-refractivity contribution < 1.29 is 0 Å². The summed E-state index contributed by atoms with van der Waals surface area (Å²) in [6.07, 6.45) is 8.76. The molecule has 3 aromatic rings. The monoisotopic (exact) mass is 259 g/mol. The molecule has 0 fully saturated rings. The molecular weight excluding hydrogens is 246 g/mol. The minimum atomic E-state index is 0.564. The molecule has 0 saturated carbocycles. The van der Waals surface area contributed by atoms with Gasteiger partial charge in [0, 0.05) is 25.1 Å². The van der Waals surface area contributed by atoms with E-state index in [2.05, 4.69) is 31.0 Å². The van der Waals surface area contributed by atoms with Gasteiger partial charge in [-0.05, 0) is 0 Å². The maximum Gasteiger partial charge on any atom is 0.180 e. The number of fused-ring (bicyclic) bond motifs is 1. The molecule has 3 heterocycles. The van der Waals surface area contributed by atoms with Crippen LogP contribution >= 0.6 is 0 Å². The van der Waals surface area contributed by atoms with Gasteiger partial charge in [-0.3, -0.25) is 4.68 Å². The summed E-state index contributed by atoms with van der Waals surface area (Å²) in [6, 6.07) is 0. The first-order chi connectivity index (χ1) is 9.36. The quantitative estimate of drug-likeness (QED) is 0.427. The average Bonchev–Trinajstić information content (AvgIpc) is 3.08. The van der Waals surface area contributed by atoms with Crippen LogP contribution in [0.3, 0.4) is 0 Å². The molecule has 3 rings (SSSR count). The van der Waals surface area contributed by atoms with Gasteiger partial charge in [0.2, 0.25) is 0 Å². The fourth-order valence-corrected chi connectivity index (χ4v) is 1.76. The predicted molar refractivity (Wildman–Crippen MR) is 69.3 cm³/mol. The number of aromatic nitrogens is 6. The van der Waals surface area contributed by atoms with Crippen LogP contribution < -0.4 is 16.6 Å². The number of nitrogens with two attached hydrogens (primary N) is 1. The lowest BCUT2D eigenvalue weighted by molar-refractivity contribution is 0.608. The lowest BCUT2D eigenvalue weighted by Crippen LogP contribution is -2.15. The number of imidazole rings is 1. The number of nitrogen functional groups attached to an aromatic ring is 1. The van der Waals surface area contributed by atoms with Crippen molar-refractivity contribution in [3.8, 4) is 0 Å². The van der Waals surface area contributed by atoms with E-state index in [-0.39, 0.29) is 0 Å². The molecule has 0 bridgehead atoms. The summed E-state index contributed by atoms with van der Waals surface area (Å²) in [7, 11) is 0. The molecule has 9 heteroatoms. The van der Waals surface area contributed by atoms with Crippen LogP contribution in [0.15, 0.2) is 31.0 Å². The Kier molecular flexibility index (Phi) is 2.94. The minimum Gasteiger partial charge on any atom is -0.365 e. The molecule has 3 aromatic heterocycles. The summed E-state index contributed by atoms with van der Waals surface area (Å²) < 4.78 is 3.58. The van der Waals surface area contributed by atoms with Crippen molar-refractivity contribution in [1.29, 1.82) is 0 Å². The van der Waals surface area contributed by atoms with Crippen LogP contribution in [0.2, 0.25) is 0 Å². The molecule has 0 spiro atoms. The van der Waals surface area contributed by atoms with Crippen molar-refractivity contribution in [2.45, 2.75) is 6.54 Å². The van der Waals surface area contributed by atoms with E-state index in [1.165, 1.54) is 0 Å². The second-order valence-corrected chi connectivity index (χ2v) is 3.87. The number of hydrogen-bond donors (Lipinski definition) is 3. The number of nitrogens with zero attached hydrogens (tertiary/aromatic N) is 6. The van der Waals surface area contributed by atoms with Crippen LogP contribution in [0.25, 0.3) is 5.65 Å². The van der Waals surface area contributed by atoms with Crippen molar-refractivity contribution >= 4 is 17.3 Å². The van der Waals surface area contributed by atoms with Gasteiger partial charge in [0.25, 0.3) is 0 Å². The molecule has 0 aromatic carbocycles. The molecule has 0 aliphatic carbocycles. The molecule has 0 atom stereocenters. The number of hydrazine groups is 1. The third-order valence-corrected chi connectivity index (χ3v) is 2.63. The van der Waals surface area contributed by atoms with E-state index in [0.29, 0.717) is 24.7 Å². The van der Waals surface area contributed by atoms with E-state index in [1.807, 2.05) is 10.6 Å². The highest BCUT2D eigenvalue weighted by Gasteiger charge is 2.06. The highest BCUT2D eigenvalue weighted by molar-refractivity contribution is 5.65. The van der Waals surface area contributed by atoms with Crippen molar-refractivity contribution in [2.24, 2.45) is 5.84 Å². The maximum absolute atomic E-state index is 5.39. The van der Waals surface area contributed by atoms with E-state index in [1.54, 1.807) is 29.5 Å². The third-order valence-electron chi connectivity index (χ3n) is 2.63. The molecule has 0 saturated heterocycles. The fraction of sp³-hybridized carbons (Fsp3) is 0.200. The Labute approximate surface area is 108 Å². The van der Waals surface area contributed by atoms with E-state index in [0.717, 1.165) is 5.65 Å². The Balaban J connectivity index is 1.77. The van der Waals surface area contributed by atoms with Crippen LogP contribution in [0.1, 0.15) is 0 Å². The first kappa shape index (κ1) is 11.4. The first-order valence-electron chi connectivity index (χ1n) is 5.75. The maximum atomic E-state index is 5.39. The minimum absolute atomic E-state index is 0.564. The van der Waals surface area contributed by atoms with E-state index < -0.39 is 0 Å². The summed E-state index contributed by atoms with van der Waals surface area (Å²) >= 11 is 0. The molecule has 98 valence electrons. The van der Waals surface area contributed by atoms with Crippen molar-refractivity contribution in [3.05, 3.63) is 31.0 Å². The molecule has 0 aliphatic heterocycles. The van der Waals surface area contributed by atoms with Gasteiger partial charge in [-0.1, -0.05) is 5.21 Å². The summed E-state index contributed by atoms with van der Waals surface area (Å²) in [5, 5.41) is 10.8. The van der Waals surface area contributed by atoms with Crippen molar-refractivity contribution in [1.82, 2.24) is 29.4 Å². The second-order valence-electron chi connectivity index (χ2n) is 3.87. The normalized spacial score (nSPS) is 10.8. The first-order valence-corrected chi connectivity index (χ1v) is 5.75. The van der Waals surface area contributed by atoms with E-state index in [4.69, 9.17) is 5.84 Å². The number of hydrogen-bond acceptors (Lipinski definition) is 7. The van der Waals surface area contributed by atoms with Crippen LogP contribution in [0.5, 0.6) is 0 Å². The van der Waals surface area contributed by atoms with Gasteiger partial charge in [0.1, 0.15) is 0 Å². The average molecular weight is 259 g/mol. The van der Waals surface area contributed by atoms with E-state index >= 15 is 0 Å². The lowest BCUT2D eigenvalue weighted by atomic mass is 10.5. The molecule has 0 aliphatic rings. The topological polar surface area (TPSA) is 111 Å². The smallest absolute Gasteiger partial charge is 0.180 e. The zero-order valence-corrected chi connectivity index (χ0v) is 10.1. The second kappa shape index (κ2) is 4.90. The third kappa shape index (κ3) is 2.31. The predicted octanol–water partition coefficient (Wildman–Crippen LogP) is -0.282. The molecule has 19 heavy (non-hydrogen) atoms. The Morgan fingerprint density at radius 1 is 1.26 bits per heavy atom. The standard InChI is InChI=1S/C10H13N9/c11-16-8-7-18-4-1-13-10(18)9(15-8)12-2-5-19-6-3-14-17-19/h1,3-4,6-7,16H,2,5,11H2,(H,12,15). The summed E-state index contributed by atoms with van der Waals surface area (Å²) in [6.45, 7) is 1.35. The highest BCUT2D eigenvalue weighted by atomic mass is 15.4. The van der Waals surface area contributed by atoms with Gasteiger partial charge in [0.05, 0.1) is 18.9 Å². The van der Waals surface area contributed by atoms with Gasteiger partial charge in [-0.25, -0.2) is 15.8 Å². The Morgan fingerprint density at radius 3 is 3.00 bits per heavy atom.